The SMILES string of the molecule is c1ccc(-c2ccc3c(c2)c2cc(-c4ccccc4)ccc2n3-c2c(-c3ccccc3)cc(-c3nc(-c4ccc5c(c4)sc4ccccc45)nc(-c4ccc5c(c4)sc4ccccc45)n3)cc2-c2ccccc2)cc1. The van der Waals surface area contributed by atoms with Crippen molar-refractivity contribution >= 4 is 84.8 Å². The summed E-state index contributed by atoms with van der Waals surface area (Å²) in [5.74, 6) is 1.86. The molecule has 350 valence electrons. The van der Waals surface area contributed by atoms with E-state index in [0.717, 1.165) is 55.7 Å². The van der Waals surface area contributed by atoms with Crippen LogP contribution in [0.25, 0.3) is 147 Å². The predicted octanol–water partition coefficient (Wildman–Crippen LogP) is 19.4. The van der Waals surface area contributed by atoms with Crippen molar-refractivity contribution in [3.05, 3.63) is 255 Å². The molecule has 0 N–H and O–H groups in total. The van der Waals surface area contributed by atoms with Crippen LogP contribution in [0.2, 0.25) is 0 Å². The number of fused-ring (bicyclic) bond motifs is 9. The molecule has 0 fully saturated rings. The maximum Gasteiger partial charge on any atom is 0.164 e. The fourth-order valence-corrected chi connectivity index (χ4v) is 13.3. The van der Waals surface area contributed by atoms with Crippen molar-refractivity contribution in [2.45, 2.75) is 0 Å². The highest BCUT2D eigenvalue weighted by atomic mass is 32.1. The maximum atomic E-state index is 5.47. The van der Waals surface area contributed by atoms with Gasteiger partial charge in [-0.05, 0) is 94.0 Å². The molecule has 0 aliphatic carbocycles. The van der Waals surface area contributed by atoms with Crippen LogP contribution in [0.4, 0.5) is 0 Å². The molecule has 0 radical (unpaired) electrons. The van der Waals surface area contributed by atoms with Crippen LogP contribution in [-0.4, -0.2) is 19.5 Å². The average Bonchev–Trinajstić information content (AvgIpc) is 4.16. The Labute approximate surface area is 440 Å². The first kappa shape index (κ1) is 43.3. The van der Waals surface area contributed by atoms with Gasteiger partial charge in [-0.25, -0.2) is 15.0 Å². The smallest absolute Gasteiger partial charge is 0.164 e. The number of benzene rings is 11. The van der Waals surface area contributed by atoms with E-state index in [1.54, 1.807) is 22.7 Å². The molecule has 4 nitrogen and oxygen atoms in total. The van der Waals surface area contributed by atoms with Gasteiger partial charge >= 0.3 is 0 Å². The lowest BCUT2D eigenvalue weighted by atomic mass is 9.92. The Hall–Kier alpha value is -9.33. The summed E-state index contributed by atoms with van der Waals surface area (Å²) in [6.07, 6.45) is 0. The molecule has 6 heteroatoms. The van der Waals surface area contributed by atoms with Gasteiger partial charge < -0.3 is 4.57 Å². The normalized spacial score (nSPS) is 11.7. The minimum Gasteiger partial charge on any atom is -0.308 e. The molecule has 0 saturated heterocycles. The minimum absolute atomic E-state index is 0.603. The molecule has 75 heavy (non-hydrogen) atoms. The molecular weight excluding hydrogens is 949 g/mol. The van der Waals surface area contributed by atoms with Crippen LogP contribution < -0.4 is 0 Å². The van der Waals surface area contributed by atoms with Gasteiger partial charge in [-0.1, -0.05) is 194 Å². The number of aromatic nitrogens is 4. The van der Waals surface area contributed by atoms with E-state index >= 15 is 0 Å². The van der Waals surface area contributed by atoms with Crippen molar-refractivity contribution in [2.75, 3.05) is 0 Å². The molecule has 0 aliphatic rings. The Morgan fingerprint density at radius 2 is 0.600 bits per heavy atom. The van der Waals surface area contributed by atoms with E-state index in [0.29, 0.717) is 17.5 Å². The summed E-state index contributed by atoms with van der Waals surface area (Å²) in [4.78, 5) is 16.3. The maximum absolute atomic E-state index is 5.47. The monoisotopic (exact) mass is 990 g/mol. The van der Waals surface area contributed by atoms with Crippen molar-refractivity contribution in [3.8, 4) is 84.4 Å². The lowest BCUT2D eigenvalue weighted by Gasteiger charge is -2.21. The van der Waals surface area contributed by atoms with E-state index in [-0.39, 0.29) is 0 Å². The third kappa shape index (κ3) is 7.45. The topological polar surface area (TPSA) is 43.6 Å². The van der Waals surface area contributed by atoms with Gasteiger partial charge in [-0.15, -0.1) is 22.7 Å². The molecule has 0 bridgehead atoms. The van der Waals surface area contributed by atoms with Crippen molar-refractivity contribution in [2.24, 2.45) is 0 Å². The quantitative estimate of drug-likeness (QED) is 0.152. The number of thiophene rings is 2. The third-order valence-electron chi connectivity index (χ3n) is 14.6. The summed E-state index contributed by atoms with van der Waals surface area (Å²) in [6, 6.07) is 92.0. The van der Waals surface area contributed by atoms with Crippen LogP contribution in [-0.2, 0) is 0 Å². The number of rotatable bonds is 8. The van der Waals surface area contributed by atoms with Gasteiger partial charge in [0.1, 0.15) is 0 Å². The molecular formula is C69H42N4S2. The van der Waals surface area contributed by atoms with Gasteiger partial charge in [-0.2, -0.15) is 0 Å². The van der Waals surface area contributed by atoms with Crippen LogP contribution in [0.3, 0.4) is 0 Å². The Morgan fingerprint density at radius 1 is 0.240 bits per heavy atom. The summed E-state index contributed by atoms with van der Waals surface area (Å²) in [6.45, 7) is 0. The average molecular weight is 991 g/mol. The van der Waals surface area contributed by atoms with Crippen molar-refractivity contribution in [1.82, 2.24) is 19.5 Å². The van der Waals surface area contributed by atoms with Crippen LogP contribution in [0.5, 0.6) is 0 Å². The largest absolute Gasteiger partial charge is 0.308 e. The predicted molar refractivity (Wildman–Crippen MR) is 318 cm³/mol. The van der Waals surface area contributed by atoms with E-state index in [1.165, 1.54) is 73.4 Å². The molecule has 15 rings (SSSR count). The Morgan fingerprint density at radius 3 is 1.04 bits per heavy atom. The molecule has 0 amide bonds. The molecule has 4 heterocycles. The molecule has 0 saturated carbocycles. The fourth-order valence-electron chi connectivity index (χ4n) is 11.1. The first-order valence-corrected chi connectivity index (χ1v) is 26.9. The second kappa shape index (κ2) is 17.7. The lowest BCUT2D eigenvalue weighted by molar-refractivity contribution is 1.07. The molecule has 4 aromatic heterocycles. The molecule has 0 spiro atoms. The van der Waals surface area contributed by atoms with Gasteiger partial charge in [0.25, 0.3) is 0 Å². The summed E-state index contributed by atoms with van der Waals surface area (Å²) >= 11 is 3.61. The summed E-state index contributed by atoms with van der Waals surface area (Å²) in [5.41, 5.74) is 15.1. The lowest BCUT2D eigenvalue weighted by Crippen LogP contribution is -2.04. The van der Waals surface area contributed by atoms with Crippen LogP contribution in [0.1, 0.15) is 0 Å². The zero-order valence-electron chi connectivity index (χ0n) is 40.4. The summed E-state index contributed by atoms with van der Waals surface area (Å²) < 4.78 is 7.41. The van der Waals surface area contributed by atoms with E-state index in [4.69, 9.17) is 15.0 Å². The van der Waals surface area contributed by atoms with Crippen LogP contribution in [0, 0.1) is 0 Å². The summed E-state index contributed by atoms with van der Waals surface area (Å²) in [5, 5.41) is 7.36. The molecule has 11 aromatic carbocycles. The highest BCUT2D eigenvalue weighted by Gasteiger charge is 2.24. The fraction of sp³-hybridized carbons (Fsp3) is 0. The van der Waals surface area contributed by atoms with E-state index in [9.17, 15) is 0 Å². The van der Waals surface area contributed by atoms with Crippen LogP contribution >= 0.6 is 22.7 Å². The second-order valence-electron chi connectivity index (χ2n) is 19.1. The number of hydrogen-bond donors (Lipinski definition) is 0. The van der Waals surface area contributed by atoms with Gasteiger partial charge in [0.15, 0.2) is 17.5 Å². The van der Waals surface area contributed by atoms with E-state index in [2.05, 4.69) is 259 Å². The van der Waals surface area contributed by atoms with Gasteiger partial charge in [0, 0.05) is 78.9 Å². The van der Waals surface area contributed by atoms with Gasteiger partial charge in [0.2, 0.25) is 0 Å². The first-order chi connectivity index (χ1) is 37.1. The van der Waals surface area contributed by atoms with Gasteiger partial charge in [0.05, 0.1) is 16.7 Å². The highest BCUT2D eigenvalue weighted by molar-refractivity contribution is 7.26. The zero-order chi connectivity index (χ0) is 49.4. The first-order valence-electron chi connectivity index (χ1n) is 25.2. The Kier molecular flexibility index (Phi) is 10.2. The number of nitrogens with zero attached hydrogens (tertiary/aromatic N) is 4. The van der Waals surface area contributed by atoms with E-state index < -0.39 is 0 Å². The second-order valence-corrected chi connectivity index (χ2v) is 21.3. The van der Waals surface area contributed by atoms with E-state index in [1.807, 2.05) is 0 Å². The molecule has 0 atom stereocenters. The van der Waals surface area contributed by atoms with Crippen molar-refractivity contribution < 1.29 is 0 Å². The number of hydrogen-bond acceptors (Lipinski definition) is 5. The Bertz CT molecular complexity index is 4400. The summed E-state index contributed by atoms with van der Waals surface area (Å²) in [7, 11) is 0. The minimum atomic E-state index is 0.603. The van der Waals surface area contributed by atoms with Gasteiger partial charge in [-0.3, -0.25) is 0 Å². The standard InChI is InChI=1S/C69H42N4S2/c1-5-17-43(18-6-1)47-31-35-60-58(37-47)59-38-48(44-19-7-2-8-20-44)32-36-61(59)73(60)66-56(45-21-9-3-10-22-45)39-51(40-57(66)46-23-11-4-12-24-46)69-71-67(49-29-33-54-52-25-13-15-27-62(52)74-64(54)41-49)70-68(72-69)50-30-34-55-53-26-14-16-28-63(53)75-65(55)42-50/h1-42H. The molecule has 0 unspecified atom stereocenters. The highest BCUT2D eigenvalue weighted by Crippen LogP contribution is 2.46. The molecule has 15 aromatic rings. The van der Waals surface area contributed by atoms with Crippen molar-refractivity contribution in [3.63, 3.8) is 0 Å². The Balaban J connectivity index is 1.01. The zero-order valence-corrected chi connectivity index (χ0v) is 42.0. The van der Waals surface area contributed by atoms with Crippen molar-refractivity contribution in [1.29, 1.82) is 0 Å². The molecule has 0 aliphatic heterocycles. The van der Waals surface area contributed by atoms with Crippen LogP contribution in [0.15, 0.2) is 255 Å². The third-order valence-corrected chi connectivity index (χ3v) is 16.9.